The Kier molecular flexibility index (Phi) is 5.16. The van der Waals surface area contributed by atoms with Crippen molar-refractivity contribution in [3.05, 3.63) is 35.9 Å². The molecule has 1 aliphatic heterocycles. The maximum atomic E-state index is 12.3. The van der Waals surface area contributed by atoms with Gasteiger partial charge in [-0.25, -0.2) is 4.79 Å². The second kappa shape index (κ2) is 7.49. The summed E-state index contributed by atoms with van der Waals surface area (Å²) in [5.74, 6) is 0.462. The summed E-state index contributed by atoms with van der Waals surface area (Å²) in [5, 5.41) is 5.94. The van der Waals surface area contributed by atoms with Gasteiger partial charge in [0.1, 0.15) is 6.54 Å². The normalized spacial score (nSPS) is 24.3. The summed E-state index contributed by atoms with van der Waals surface area (Å²) in [6.07, 6.45) is 5.27. The first kappa shape index (κ1) is 15.8. The quantitative estimate of drug-likeness (QED) is 0.872. The van der Waals surface area contributed by atoms with E-state index in [0.29, 0.717) is 19.0 Å². The third kappa shape index (κ3) is 4.24. The van der Waals surface area contributed by atoms with E-state index in [1.807, 2.05) is 6.07 Å². The van der Waals surface area contributed by atoms with Crippen LogP contribution in [0.3, 0.4) is 0 Å². The molecule has 3 rings (SSSR count). The molecule has 0 aromatic heterocycles. The first-order valence-corrected chi connectivity index (χ1v) is 8.58. The van der Waals surface area contributed by atoms with Crippen LogP contribution in [0.1, 0.15) is 31.2 Å². The summed E-state index contributed by atoms with van der Waals surface area (Å²) in [7, 11) is 0. The molecule has 1 aromatic carbocycles. The molecule has 0 radical (unpaired) electrons. The summed E-state index contributed by atoms with van der Waals surface area (Å²) in [4.78, 5) is 25.6. The molecule has 1 aliphatic carbocycles. The number of carbonyl (C=O) groups excluding carboxylic acids is 2. The lowest BCUT2D eigenvalue weighted by atomic mass is 9.94. The van der Waals surface area contributed by atoms with E-state index in [1.165, 1.54) is 5.56 Å². The van der Waals surface area contributed by atoms with Crippen LogP contribution in [-0.4, -0.2) is 42.5 Å². The lowest BCUT2D eigenvalue weighted by Crippen LogP contribution is -2.51. The van der Waals surface area contributed by atoms with Gasteiger partial charge in [-0.05, 0) is 37.2 Å². The third-order valence-electron chi connectivity index (χ3n) is 4.85. The van der Waals surface area contributed by atoms with Gasteiger partial charge in [0.15, 0.2) is 0 Å². The van der Waals surface area contributed by atoms with Crippen molar-refractivity contribution in [3.8, 4) is 0 Å². The number of hydrogen-bond donors (Lipinski definition) is 2. The molecule has 1 saturated carbocycles. The predicted octanol–water partition coefficient (Wildman–Crippen LogP) is 1.93. The number of hydrogen-bond acceptors (Lipinski definition) is 2. The minimum absolute atomic E-state index is 0.0352. The van der Waals surface area contributed by atoms with E-state index in [1.54, 1.807) is 4.90 Å². The first-order valence-electron chi connectivity index (χ1n) is 8.58. The second-order valence-electron chi connectivity index (χ2n) is 6.56. The predicted molar refractivity (Wildman–Crippen MR) is 89.0 cm³/mol. The minimum Gasteiger partial charge on any atom is -0.352 e. The Labute approximate surface area is 137 Å². The van der Waals surface area contributed by atoms with Gasteiger partial charge in [-0.2, -0.15) is 0 Å². The van der Waals surface area contributed by atoms with Crippen LogP contribution < -0.4 is 10.6 Å². The molecule has 1 heterocycles. The molecule has 5 nitrogen and oxygen atoms in total. The average molecular weight is 315 g/mol. The molecule has 0 spiro atoms. The maximum absolute atomic E-state index is 12.3. The summed E-state index contributed by atoms with van der Waals surface area (Å²) in [5.41, 5.74) is 1.33. The van der Waals surface area contributed by atoms with Crippen LogP contribution in [0, 0.1) is 5.92 Å². The zero-order valence-electron chi connectivity index (χ0n) is 13.5. The van der Waals surface area contributed by atoms with Gasteiger partial charge < -0.3 is 15.5 Å². The van der Waals surface area contributed by atoms with Crippen LogP contribution in [0.4, 0.5) is 4.79 Å². The van der Waals surface area contributed by atoms with E-state index in [2.05, 4.69) is 34.9 Å². The van der Waals surface area contributed by atoms with Gasteiger partial charge in [0.2, 0.25) is 5.91 Å². The molecule has 1 aromatic rings. The van der Waals surface area contributed by atoms with Crippen molar-refractivity contribution >= 4 is 11.9 Å². The first-order chi connectivity index (χ1) is 11.2. The molecule has 23 heavy (non-hydrogen) atoms. The number of nitrogens with zero attached hydrogens (tertiary/aromatic N) is 1. The molecule has 5 heteroatoms. The largest absolute Gasteiger partial charge is 0.352 e. The molecular formula is C18H25N3O2. The van der Waals surface area contributed by atoms with Crippen molar-refractivity contribution in [1.82, 2.24) is 15.5 Å². The standard InChI is InChI=1S/C18H25N3O2/c22-17(13-21-11-5-10-19-18(21)23)20-16-9-4-8-15(16)12-14-6-2-1-3-7-14/h1-3,6-7,15-16H,4-5,8-13H2,(H,19,23)(H,20,22)/t15-,16+/m0/s1. The third-order valence-corrected chi connectivity index (χ3v) is 4.85. The topological polar surface area (TPSA) is 61.4 Å². The van der Waals surface area contributed by atoms with Gasteiger partial charge in [0.05, 0.1) is 0 Å². The highest BCUT2D eigenvalue weighted by Crippen LogP contribution is 2.28. The van der Waals surface area contributed by atoms with Crippen LogP contribution in [0.2, 0.25) is 0 Å². The van der Waals surface area contributed by atoms with E-state index in [-0.39, 0.29) is 24.5 Å². The number of nitrogens with one attached hydrogen (secondary N) is 2. The van der Waals surface area contributed by atoms with Crippen LogP contribution >= 0.6 is 0 Å². The zero-order chi connectivity index (χ0) is 16.1. The van der Waals surface area contributed by atoms with Crippen molar-refractivity contribution in [2.24, 2.45) is 5.92 Å². The molecular weight excluding hydrogens is 290 g/mol. The van der Waals surface area contributed by atoms with Gasteiger partial charge in [-0.3, -0.25) is 4.79 Å². The Morgan fingerprint density at radius 2 is 2.04 bits per heavy atom. The SMILES string of the molecule is O=C(CN1CCCNC1=O)N[C@@H]1CCC[C@H]1Cc1ccccc1. The van der Waals surface area contributed by atoms with Crippen LogP contribution in [0.15, 0.2) is 30.3 Å². The minimum atomic E-state index is -0.126. The highest BCUT2D eigenvalue weighted by molar-refractivity contribution is 5.84. The molecule has 2 atom stereocenters. The molecule has 2 aliphatic rings. The van der Waals surface area contributed by atoms with Crippen LogP contribution in [0.5, 0.6) is 0 Å². The summed E-state index contributed by atoms with van der Waals surface area (Å²) < 4.78 is 0. The number of carbonyl (C=O) groups is 2. The Hall–Kier alpha value is -2.04. The van der Waals surface area contributed by atoms with Gasteiger partial charge in [-0.15, -0.1) is 0 Å². The van der Waals surface area contributed by atoms with Gasteiger partial charge in [0, 0.05) is 19.1 Å². The molecule has 2 N–H and O–H groups in total. The van der Waals surface area contributed by atoms with Crippen molar-refractivity contribution in [1.29, 1.82) is 0 Å². The Morgan fingerprint density at radius 3 is 2.83 bits per heavy atom. The van der Waals surface area contributed by atoms with Crippen molar-refractivity contribution < 1.29 is 9.59 Å². The highest BCUT2D eigenvalue weighted by Gasteiger charge is 2.29. The fraction of sp³-hybridized carbons (Fsp3) is 0.556. The van der Waals surface area contributed by atoms with E-state index in [4.69, 9.17) is 0 Å². The van der Waals surface area contributed by atoms with Crippen LogP contribution in [0.25, 0.3) is 0 Å². The summed E-state index contributed by atoms with van der Waals surface area (Å²) in [6, 6.07) is 10.6. The van der Waals surface area contributed by atoms with E-state index in [9.17, 15) is 9.59 Å². The van der Waals surface area contributed by atoms with Gasteiger partial charge >= 0.3 is 6.03 Å². The van der Waals surface area contributed by atoms with Gasteiger partial charge in [-0.1, -0.05) is 36.8 Å². The van der Waals surface area contributed by atoms with Crippen molar-refractivity contribution in [2.75, 3.05) is 19.6 Å². The van der Waals surface area contributed by atoms with Crippen molar-refractivity contribution in [3.63, 3.8) is 0 Å². The van der Waals surface area contributed by atoms with Gasteiger partial charge in [0.25, 0.3) is 0 Å². The number of amides is 3. The van der Waals surface area contributed by atoms with Crippen LogP contribution in [-0.2, 0) is 11.2 Å². The summed E-state index contributed by atoms with van der Waals surface area (Å²) in [6.45, 7) is 1.54. The lowest BCUT2D eigenvalue weighted by molar-refractivity contribution is -0.122. The molecule has 0 unspecified atom stereocenters. The molecule has 1 saturated heterocycles. The maximum Gasteiger partial charge on any atom is 0.317 e. The van der Waals surface area contributed by atoms with E-state index in [0.717, 1.165) is 32.1 Å². The van der Waals surface area contributed by atoms with Crippen molar-refractivity contribution in [2.45, 2.75) is 38.1 Å². The monoisotopic (exact) mass is 315 g/mol. The second-order valence-corrected chi connectivity index (χ2v) is 6.56. The fourth-order valence-corrected chi connectivity index (χ4v) is 3.64. The zero-order valence-corrected chi connectivity index (χ0v) is 13.5. The Balaban J connectivity index is 1.51. The molecule has 124 valence electrons. The molecule has 2 fully saturated rings. The van der Waals surface area contributed by atoms with E-state index < -0.39 is 0 Å². The highest BCUT2D eigenvalue weighted by atomic mass is 16.2. The number of rotatable bonds is 5. The molecule has 0 bridgehead atoms. The van der Waals surface area contributed by atoms with E-state index >= 15 is 0 Å². The fourth-order valence-electron chi connectivity index (χ4n) is 3.64. The Bertz CT molecular complexity index is 546. The number of urea groups is 1. The smallest absolute Gasteiger partial charge is 0.317 e. The number of benzene rings is 1. The molecule has 3 amide bonds. The lowest BCUT2D eigenvalue weighted by Gasteiger charge is -2.28. The average Bonchev–Trinajstić information content (AvgIpc) is 2.97. The Morgan fingerprint density at radius 1 is 1.22 bits per heavy atom. The summed E-state index contributed by atoms with van der Waals surface area (Å²) >= 11 is 0.